The maximum atomic E-state index is 11.3. The smallest absolute Gasteiger partial charge is 0.305 e. The Labute approximate surface area is 106 Å². The van der Waals surface area contributed by atoms with E-state index in [9.17, 15) is 9.90 Å². The summed E-state index contributed by atoms with van der Waals surface area (Å²) in [5.74, 6) is -1.13. The molecule has 0 aromatic heterocycles. The lowest BCUT2D eigenvalue weighted by Gasteiger charge is -2.40. The van der Waals surface area contributed by atoms with Crippen LogP contribution in [0.1, 0.15) is 26.7 Å². The Morgan fingerprint density at radius 3 is 3.00 bits per heavy atom. The van der Waals surface area contributed by atoms with E-state index in [2.05, 4.69) is 0 Å². The molecule has 0 spiro atoms. The van der Waals surface area contributed by atoms with E-state index >= 15 is 0 Å². The van der Waals surface area contributed by atoms with Crippen molar-refractivity contribution in [2.45, 2.75) is 50.8 Å². The van der Waals surface area contributed by atoms with Crippen LogP contribution in [0, 0.1) is 0 Å². The SMILES string of the molecule is CCOC(=O)CC[C@]1(C)OCC2OC[C@H](O)C2O1. The molecule has 2 rings (SSSR count). The number of aliphatic hydroxyl groups is 1. The summed E-state index contributed by atoms with van der Waals surface area (Å²) in [7, 11) is 0. The third kappa shape index (κ3) is 3.00. The van der Waals surface area contributed by atoms with Gasteiger partial charge in [0.25, 0.3) is 0 Å². The highest BCUT2D eigenvalue weighted by atomic mass is 16.7. The highest BCUT2D eigenvalue weighted by molar-refractivity contribution is 5.69. The van der Waals surface area contributed by atoms with Gasteiger partial charge < -0.3 is 24.1 Å². The predicted molar refractivity (Wildman–Crippen MR) is 60.8 cm³/mol. The highest BCUT2D eigenvalue weighted by Gasteiger charge is 2.47. The van der Waals surface area contributed by atoms with E-state index in [4.69, 9.17) is 18.9 Å². The first-order valence-electron chi connectivity index (χ1n) is 6.31. The first kappa shape index (κ1) is 13.7. The molecule has 0 bridgehead atoms. The average molecular weight is 260 g/mol. The molecule has 0 saturated carbocycles. The maximum Gasteiger partial charge on any atom is 0.305 e. The first-order valence-corrected chi connectivity index (χ1v) is 6.31. The van der Waals surface area contributed by atoms with Gasteiger partial charge in [-0.1, -0.05) is 0 Å². The van der Waals surface area contributed by atoms with E-state index in [1.165, 1.54) is 0 Å². The van der Waals surface area contributed by atoms with Crippen molar-refractivity contribution in [2.75, 3.05) is 19.8 Å². The normalized spacial score (nSPS) is 39.4. The Morgan fingerprint density at radius 2 is 2.28 bits per heavy atom. The predicted octanol–water partition coefficient (Wildman–Crippen LogP) is 0.221. The molecular weight excluding hydrogens is 240 g/mol. The Bertz CT molecular complexity index is 307. The van der Waals surface area contributed by atoms with Crippen LogP contribution in [0.2, 0.25) is 0 Å². The molecule has 2 saturated heterocycles. The number of carbonyl (C=O) groups is 1. The van der Waals surface area contributed by atoms with Crippen molar-refractivity contribution in [3.05, 3.63) is 0 Å². The van der Waals surface area contributed by atoms with Crippen LogP contribution in [-0.4, -0.2) is 55.0 Å². The summed E-state index contributed by atoms with van der Waals surface area (Å²) in [5, 5.41) is 9.72. The zero-order valence-electron chi connectivity index (χ0n) is 10.8. The van der Waals surface area contributed by atoms with Crippen LogP contribution in [-0.2, 0) is 23.7 Å². The van der Waals surface area contributed by atoms with E-state index in [1.54, 1.807) is 13.8 Å². The fraction of sp³-hybridized carbons (Fsp3) is 0.917. The van der Waals surface area contributed by atoms with Crippen LogP contribution < -0.4 is 0 Å². The molecule has 2 aliphatic rings. The number of aliphatic hydroxyl groups excluding tert-OH is 1. The van der Waals surface area contributed by atoms with Gasteiger partial charge in [-0.3, -0.25) is 4.79 Å². The van der Waals surface area contributed by atoms with Crippen molar-refractivity contribution in [3.8, 4) is 0 Å². The lowest BCUT2D eigenvalue weighted by atomic mass is 10.1. The third-order valence-corrected chi connectivity index (χ3v) is 3.25. The van der Waals surface area contributed by atoms with Crippen molar-refractivity contribution >= 4 is 5.97 Å². The van der Waals surface area contributed by atoms with E-state index in [-0.39, 0.29) is 31.2 Å². The minimum absolute atomic E-state index is 0.212. The molecule has 4 atom stereocenters. The van der Waals surface area contributed by atoms with E-state index in [1.807, 2.05) is 0 Å². The van der Waals surface area contributed by atoms with Crippen LogP contribution >= 0.6 is 0 Å². The maximum absolute atomic E-state index is 11.3. The van der Waals surface area contributed by atoms with E-state index < -0.39 is 11.9 Å². The Kier molecular flexibility index (Phi) is 4.21. The molecule has 0 aliphatic carbocycles. The minimum Gasteiger partial charge on any atom is -0.466 e. The first-order chi connectivity index (χ1) is 8.54. The molecule has 104 valence electrons. The van der Waals surface area contributed by atoms with Crippen LogP contribution in [0.5, 0.6) is 0 Å². The number of hydrogen-bond donors (Lipinski definition) is 1. The number of fused-ring (bicyclic) bond motifs is 1. The molecule has 0 aromatic carbocycles. The quantitative estimate of drug-likeness (QED) is 0.729. The summed E-state index contributed by atoms with van der Waals surface area (Å²) in [4.78, 5) is 11.3. The topological polar surface area (TPSA) is 74.2 Å². The molecule has 2 unspecified atom stereocenters. The molecule has 0 aromatic rings. The average Bonchev–Trinajstić information content (AvgIpc) is 2.69. The van der Waals surface area contributed by atoms with Gasteiger partial charge in [0.05, 0.1) is 26.2 Å². The second-order valence-corrected chi connectivity index (χ2v) is 4.77. The molecule has 2 aliphatic heterocycles. The van der Waals surface area contributed by atoms with Crippen molar-refractivity contribution < 1.29 is 28.8 Å². The molecule has 1 N–H and O–H groups in total. The monoisotopic (exact) mass is 260 g/mol. The molecule has 2 heterocycles. The zero-order chi connectivity index (χ0) is 13.2. The molecule has 0 radical (unpaired) electrons. The summed E-state index contributed by atoms with van der Waals surface area (Å²) < 4.78 is 21.5. The lowest BCUT2D eigenvalue weighted by Crippen LogP contribution is -2.51. The molecular formula is C12H20O6. The summed E-state index contributed by atoms with van der Waals surface area (Å²) in [5.41, 5.74) is 0. The number of carbonyl (C=O) groups excluding carboxylic acids is 1. The minimum atomic E-state index is -0.859. The van der Waals surface area contributed by atoms with Gasteiger partial charge in [0.15, 0.2) is 5.79 Å². The van der Waals surface area contributed by atoms with Gasteiger partial charge >= 0.3 is 5.97 Å². The van der Waals surface area contributed by atoms with Crippen LogP contribution in [0.25, 0.3) is 0 Å². The van der Waals surface area contributed by atoms with Gasteiger partial charge in [-0.25, -0.2) is 0 Å². The number of hydrogen-bond acceptors (Lipinski definition) is 6. The summed E-state index contributed by atoms with van der Waals surface area (Å²) in [6, 6.07) is 0. The van der Waals surface area contributed by atoms with E-state index in [0.29, 0.717) is 19.6 Å². The molecule has 18 heavy (non-hydrogen) atoms. The van der Waals surface area contributed by atoms with Gasteiger partial charge in [-0.15, -0.1) is 0 Å². The third-order valence-electron chi connectivity index (χ3n) is 3.25. The Hall–Kier alpha value is -0.690. The Morgan fingerprint density at radius 1 is 1.50 bits per heavy atom. The van der Waals surface area contributed by atoms with Crippen LogP contribution in [0.15, 0.2) is 0 Å². The van der Waals surface area contributed by atoms with Gasteiger partial charge in [0.1, 0.15) is 18.3 Å². The van der Waals surface area contributed by atoms with Gasteiger partial charge in [0, 0.05) is 6.42 Å². The fourth-order valence-corrected chi connectivity index (χ4v) is 2.23. The highest BCUT2D eigenvalue weighted by Crippen LogP contribution is 2.33. The van der Waals surface area contributed by atoms with Gasteiger partial charge in [0.2, 0.25) is 0 Å². The second kappa shape index (κ2) is 5.52. The van der Waals surface area contributed by atoms with Crippen molar-refractivity contribution in [1.29, 1.82) is 0 Å². The number of rotatable bonds is 4. The standard InChI is InChI=1S/C12H20O6/c1-3-15-10(14)4-5-12(2)17-7-9-11(18-12)8(13)6-16-9/h8-9,11,13H,3-7H2,1-2H3/t8-,9?,11?,12+/m0/s1. The Balaban J connectivity index is 1.86. The molecule has 6 heteroatoms. The van der Waals surface area contributed by atoms with Crippen molar-refractivity contribution in [2.24, 2.45) is 0 Å². The molecule has 2 fully saturated rings. The van der Waals surface area contributed by atoms with Crippen molar-refractivity contribution in [3.63, 3.8) is 0 Å². The van der Waals surface area contributed by atoms with Gasteiger partial charge in [-0.05, 0) is 13.8 Å². The lowest BCUT2D eigenvalue weighted by molar-refractivity contribution is -0.311. The number of ether oxygens (including phenoxy) is 4. The molecule has 0 amide bonds. The molecule has 6 nitrogen and oxygen atoms in total. The summed E-state index contributed by atoms with van der Waals surface area (Å²) in [6.07, 6.45) is -0.567. The van der Waals surface area contributed by atoms with Crippen LogP contribution in [0.3, 0.4) is 0 Å². The fourth-order valence-electron chi connectivity index (χ4n) is 2.23. The number of esters is 1. The summed E-state index contributed by atoms with van der Waals surface area (Å²) >= 11 is 0. The van der Waals surface area contributed by atoms with Crippen LogP contribution in [0.4, 0.5) is 0 Å². The van der Waals surface area contributed by atoms with E-state index in [0.717, 1.165) is 0 Å². The van der Waals surface area contributed by atoms with Crippen molar-refractivity contribution in [1.82, 2.24) is 0 Å². The largest absolute Gasteiger partial charge is 0.466 e. The summed E-state index contributed by atoms with van der Waals surface area (Å²) in [6.45, 7) is 4.56. The second-order valence-electron chi connectivity index (χ2n) is 4.77. The zero-order valence-corrected chi connectivity index (χ0v) is 10.8. The van der Waals surface area contributed by atoms with Gasteiger partial charge in [-0.2, -0.15) is 0 Å².